The van der Waals surface area contributed by atoms with E-state index in [2.05, 4.69) is 20.5 Å². The molecule has 0 saturated heterocycles. The van der Waals surface area contributed by atoms with Crippen LogP contribution < -0.4 is 10.1 Å². The van der Waals surface area contributed by atoms with Crippen LogP contribution in [0, 0.1) is 0 Å². The van der Waals surface area contributed by atoms with E-state index in [1.807, 2.05) is 54.0 Å². The second-order valence-electron chi connectivity index (χ2n) is 7.79. The molecule has 1 N–H and O–H groups in total. The summed E-state index contributed by atoms with van der Waals surface area (Å²) in [5.74, 6) is 0.925. The van der Waals surface area contributed by atoms with Gasteiger partial charge in [-0.05, 0) is 42.8 Å². The third-order valence-electron chi connectivity index (χ3n) is 5.37. The molecule has 0 saturated carbocycles. The molecule has 0 aliphatic carbocycles. The van der Waals surface area contributed by atoms with Crippen molar-refractivity contribution in [1.82, 2.24) is 19.7 Å². The largest absolute Gasteiger partial charge is 0.482 e. The van der Waals surface area contributed by atoms with Gasteiger partial charge in [-0.25, -0.2) is 0 Å². The first-order chi connectivity index (χ1) is 16.6. The first-order valence-corrected chi connectivity index (χ1v) is 11.6. The maximum atomic E-state index is 13.2. The Hall–Kier alpha value is -3.98. The zero-order valence-corrected chi connectivity index (χ0v) is 19.2. The van der Waals surface area contributed by atoms with Crippen LogP contribution in [-0.4, -0.2) is 43.3 Å². The Morgan fingerprint density at radius 2 is 2.00 bits per heavy atom. The number of carbonyl (C=O) groups is 2. The lowest BCUT2D eigenvalue weighted by molar-refractivity contribution is -0.118. The van der Waals surface area contributed by atoms with Crippen LogP contribution in [0.2, 0.25) is 0 Å². The monoisotopic (exact) mass is 471 g/mol. The number of carbonyl (C=O) groups excluding carboxylic acids is 2. The van der Waals surface area contributed by atoms with Crippen molar-refractivity contribution < 1.29 is 14.3 Å². The second kappa shape index (κ2) is 9.48. The molecular weight excluding hydrogens is 450 g/mol. The zero-order valence-electron chi connectivity index (χ0n) is 18.3. The van der Waals surface area contributed by atoms with Gasteiger partial charge in [-0.15, -0.1) is 10.2 Å². The summed E-state index contributed by atoms with van der Waals surface area (Å²) >= 11 is 1.35. The number of rotatable bonds is 7. The molecule has 1 unspecified atom stereocenters. The number of ketones is 1. The molecule has 0 radical (unpaired) electrons. The highest BCUT2D eigenvalue weighted by Gasteiger charge is 2.24. The fourth-order valence-electron chi connectivity index (χ4n) is 3.68. The summed E-state index contributed by atoms with van der Waals surface area (Å²) in [5, 5.41) is 11.8. The highest BCUT2D eigenvalue weighted by molar-refractivity contribution is 8.00. The van der Waals surface area contributed by atoms with Gasteiger partial charge >= 0.3 is 0 Å². The number of pyridine rings is 1. The Balaban J connectivity index is 1.42. The first-order valence-electron chi connectivity index (χ1n) is 10.7. The zero-order chi connectivity index (χ0) is 23.5. The molecule has 5 rings (SSSR count). The van der Waals surface area contributed by atoms with Crippen LogP contribution >= 0.6 is 11.8 Å². The van der Waals surface area contributed by atoms with Gasteiger partial charge in [0.2, 0.25) is 0 Å². The molecule has 1 aliphatic heterocycles. The van der Waals surface area contributed by atoms with E-state index in [1.54, 1.807) is 30.6 Å². The molecule has 2 aromatic heterocycles. The standard InChI is InChI=1S/C25H21N5O3S/c1-16(23(32)18-9-10-21-20(12-18)27-22(31)15-33-21)34-25-29-28-24(19-8-5-11-26-13-19)30(25)14-17-6-3-2-4-7-17/h2-13,16H,14-15H2,1H3,(H,27,31). The Labute approximate surface area is 200 Å². The van der Waals surface area contributed by atoms with Crippen LogP contribution in [0.15, 0.2) is 78.2 Å². The van der Waals surface area contributed by atoms with Gasteiger partial charge in [0.15, 0.2) is 23.4 Å². The minimum atomic E-state index is -0.432. The van der Waals surface area contributed by atoms with Gasteiger partial charge in [0.1, 0.15) is 5.75 Å². The van der Waals surface area contributed by atoms with E-state index in [4.69, 9.17) is 4.74 Å². The lowest BCUT2D eigenvalue weighted by Crippen LogP contribution is -2.25. The Bertz CT molecular complexity index is 1340. The number of amides is 1. The van der Waals surface area contributed by atoms with Crippen molar-refractivity contribution in [3.63, 3.8) is 0 Å². The number of ether oxygens (including phenoxy) is 1. The van der Waals surface area contributed by atoms with Gasteiger partial charge in [0.05, 0.1) is 17.5 Å². The van der Waals surface area contributed by atoms with Crippen molar-refractivity contribution in [3.05, 3.63) is 84.2 Å². The molecule has 1 amide bonds. The van der Waals surface area contributed by atoms with Crippen LogP contribution in [0.1, 0.15) is 22.8 Å². The van der Waals surface area contributed by atoms with Crippen LogP contribution in [0.3, 0.4) is 0 Å². The third kappa shape index (κ3) is 4.55. The van der Waals surface area contributed by atoms with Gasteiger partial charge in [-0.1, -0.05) is 42.1 Å². The summed E-state index contributed by atoms with van der Waals surface area (Å²) in [6, 6.07) is 18.9. The second-order valence-corrected chi connectivity index (χ2v) is 9.10. The molecule has 2 aromatic carbocycles. The number of benzene rings is 2. The van der Waals surface area contributed by atoms with E-state index >= 15 is 0 Å². The van der Waals surface area contributed by atoms with Gasteiger partial charge in [0.25, 0.3) is 5.91 Å². The molecule has 1 aliphatic rings. The summed E-state index contributed by atoms with van der Waals surface area (Å²) in [7, 11) is 0. The van der Waals surface area contributed by atoms with E-state index in [-0.39, 0.29) is 18.3 Å². The predicted octanol–water partition coefficient (Wildman–Crippen LogP) is 4.08. The van der Waals surface area contributed by atoms with Gasteiger partial charge in [-0.3, -0.25) is 19.1 Å². The molecule has 4 aromatic rings. The highest BCUT2D eigenvalue weighted by atomic mass is 32.2. The molecule has 0 fully saturated rings. The van der Waals surface area contributed by atoms with Crippen molar-refractivity contribution in [2.24, 2.45) is 0 Å². The van der Waals surface area contributed by atoms with Crippen molar-refractivity contribution in [2.45, 2.75) is 23.9 Å². The van der Waals surface area contributed by atoms with Crippen LogP contribution in [-0.2, 0) is 11.3 Å². The third-order valence-corrected chi connectivity index (χ3v) is 6.45. The number of hydrogen-bond acceptors (Lipinski definition) is 7. The average Bonchev–Trinajstić information content (AvgIpc) is 3.26. The smallest absolute Gasteiger partial charge is 0.262 e. The summed E-state index contributed by atoms with van der Waals surface area (Å²) in [4.78, 5) is 29.1. The number of Topliss-reactive ketones (excluding diaryl/α,β-unsaturated/α-hetero) is 1. The van der Waals surface area contributed by atoms with Gasteiger partial charge in [-0.2, -0.15) is 0 Å². The van der Waals surface area contributed by atoms with Crippen LogP contribution in [0.4, 0.5) is 5.69 Å². The number of anilines is 1. The first kappa shape index (κ1) is 21.8. The van der Waals surface area contributed by atoms with Crippen molar-refractivity contribution in [2.75, 3.05) is 11.9 Å². The molecular formula is C25H21N5O3S. The van der Waals surface area contributed by atoms with Crippen LogP contribution in [0.5, 0.6) is 5.75 Å². The SMILES string of the molecule is CC(Sc1nnc(-c2cccnc2)n1Cc1ccccc1)C(=O)c1ccc2c(c1)NC(=O)CO2. The quantitative estimate of drug-likeness (QED) is 0.320. The maximum absolute atomic E-state index is 13.2. The lowest BCUT2D eigenvalue weighted by Gasteiger charge is -2.19. The number of fused-ring (bicyclic) bond motifs is 1. The summed E-state index contributed by atoms with van der Waals surface area (Å²) < 4.78 is 7.39. The topological polar surface area (TPSA) is 99.0 Å². The normalized spacial score (nSPS) is 13.5. The van der Waals surface area contributed by atoms with Gasteiger partial charge < -0.3 is 10.1 Å². The summed E-state index contributed by atoms with van der Waals surface area (Å²) in [5.41, 5.74) is 2.94. The predicted molar refractivity (Wildman–Crippen MR) is 129 cm³/mol. The lowest BCUT2D eigenvalue weighted by atomic mass is 10.1. The minimum absolute atomic E-state index is 0.0249. The van der Waals surface area contributed by atoms with Crippen LogP contribution in [0.25, 0.3) is 11.4 Å². The Morgan fingerprint density at radius 3 is 2.79 bits per heavy atom. The molecule has 0 spiro atoms. The van der Waals surface area contributed by atoms with Crippen molar-refractivity contribution >= 4 is 29.1 Å². The van der Waals surface area contributed by atoms with E-state index in [1.165, 1.54) is 11.8 Å². The van der Waals surface area contributed by atoms with Crippen molar-refractivity contribution in [3.8, 4) is 17.1 Å². The fourth-order valence-corrected chi connectivity index (χ4v) is 4.60. The molecule has 170 valence electrons. The molecule has 1 atom stereocenters. The number of hydrogen-bond donors (Lipinski definition) is 1. The Kier molecular flexibility index (Phi) is 6.09. The average molecular weight is 472 g/mol. The fraction of sp³-hybridized carbons (Fsp3) is 0.160. The highest BCUT2D eigenvalue weighted by Crippen LogP contribution is 2.32. The number of aromatic nitrogens is 4. The van der Waals surface area contributed by atoms with E-state index in [0.717, 1.165) is 11.1 Å². The van der Waals surface area contributed by atoms with E-state index < -0.39 is 5.25 Å². The van der Waals surface area contributed by atoms with Crippen molar-refractivity contribution in [1.29, 1.82) is 0 Å². The number of thioether (sulfide) groups is 1. The Morgan fingerprint density at radius 1 is 1.15 bits per heavy atom. The maximum Gasteiger partial charge on any atom is 0.262 e. The van der Waals surface area contributed by atoms with Gasteiger partial charge in [0, 0.05) is 23.5 Å². The number of nitrogens with zero attached hydrogens (tertiary/aromatic N) is 4. The summed E-state index contributed by atoms with van der Waals surface area (Å²) in [6.45, 7) is 2.37. The molecule has 9 heteroatoms. The summed E-state index contributed by atoms with van der Waals surface area (Å²) in [6.07, 6.45) is 3.46. The molecule has 8 nitrogen and oxygen atoms in total. The molecule has 3 heterocycles. The number of nitrogens with one attached hydrogen (secondary N) is 1. The molecule has 34 heavy (non-hydrogen) atoms. The van der Waals surface area contributed by atoms with E-state index in [9.17, 15) is 9.59 Å². The molecule has 0 bridgehead atoms. The van der Waals surface area contributed by atoms with E-state index in [0.29, 0.717) is 34.5 Å². The minimum Gasteiger partial charge on any atom is -0.482 e.